The lowest BCUT2D eigenvalue weighted by Gasteiger charge is -2.07. The van der Waals surface area contributed by atoms with Gasteiger partial charge in [0.15, 0.2) is 11.0 Å². The fraction of sp³-hybridized carbons (Fsp3) is 0.0833. The van der Waals surface area contributed by atoms with E-state index in [2.05, 4.69) is 15.1 Å². The maximum atomic E-state index is 13.2. The minimum atomic E-state index is -0.462. The second-order valence-electron chi connectivity index (χ2n) is 3.71. The molecule has 0 aliphatic heterocycles. The highest BCUT2D eigenvalue weighted by Crippen LogP contribution is 2.28. The van der Waals surface area contributed by atoms with E-state index < -0.39 is 5.82 Å². The van der Waals surface area contributed by atoms with E-state index >= 15 is 0 Å². The van der Waals surface area contributed by atoms with Crippen molar-refractivity contribution in [2.24, 2.45) is 10.9 Å². The van der Waals surface area contributed by atoms with Crippen LogP contribution >= 0.6 is 11.8 Å². The van der Waals surface area contributed by atoms with Crippen molar-refractivity contribution in [1.82, 2.24) is 9.97 Å². The lowest BCUT2D eigenvalue weighted by molar-refractivity contribution is 0.318. The van der Waals surface area contributed by atoms with Crippen molar-refractivity contribution in [3.63, 3.8) is 0 Å². The molecule has 0 saturated carbocycles. The number of hydrogen-bond acceptors (Lipinski definition) is 5. The molecule has 2 aromatic rings. The van der Waals surface area contributed by atoms with Gasteiger partial charge in [0.1, 0.15) is 5.82 Å². The van der Waals surface area contributed by atoms with Gasteiger partial charge in [0.2, 0.25) is 0 Å². The average molecular weight is 278 g/mol. The molecule has 0 fully saturated rings. The van der Waals surface area contributed by atoms with Gasteiger partial charge in [-0.3, -0.25) is 0 Å². The number of hydrogen-bond donors (Lipinski definition) is 2. The van der Waals surface area contributed by atoms with Crippen molar-refractivity contribution in [3.05, 3.63) is 47.5 Å². The van der Waals surface area contributed by atoms with E-state index in [1.165, 1.54) is 23.9 Å². The van der Waals surface area contributed by atoms with Crippen LogP contribution in [-0.2, 0) is 0 Å². The first-order valence-corrected chi connectivity index (χ1v) is 6.17. The van der Waals surface area contributed by atoms with Gasteiger partial charge in [0.25, 0.3) is 0 Å². The molecule has 5 nitrogen and oxygen atoms in total. The summed E-state index contributed by atoms with van der Waals surface area (Å²) in [6, 6.07) is 5.82. The van der Waals surface area contributed by atoms with Crippen molar-refractivity contribution in [2.75, 3.05) is 0 Å². The predicted octanol–water partition coefficient (Wildman–Crippen LogP) is 2.17. The van der Waals surface area contributed by atoms with Crippen LogP contribution in [0.4, 0.5) is 4.39 Å². The number of nitrogens with two attached hydrogens (primary N) is 1. The van der Waals surface area contributed by atoms with Crippen molar-refractivity contribution in [2.45, 2.75) is 17.0 Å². The van der Waals surface area contributed by atoms with Crippen LogP contribution in [0.15, 0.2) is 45.7 Å². The Morgan fingerprint density at radius 1 is 1.42 bits per heavy atom. The summed E-state index contributed by atoms with van der Waals surface area (Å²) in [5.74, 6) is -0.620. The second kappa shape index (κ2) is 5.66. The number of halogens is 1. The SMILES string of the molecule is Cc1ccnc(Sc2ccc(F)cc2/C(N)=N/O)n1. The van der Waals surface area contributed by atoms with E-state index in [4.69, 9.17) is 10.9 Å². The lowest BCUT2D eigenvalue weighted by Crippen LogP contribution is -2.14. The molecular formula is C12H11FN4OS. The standard InChI is InChI=1S/C12H11FN4OS/c1-7-4-5-15-12(16-7)19-10-3-2-8(13)6-9(10)11(14)17-18/h2-6,18H,1H3,(H2,14,17). The molecule has 0 spiro atoms. The first-order chi connectivity index (χ1) is 9.10. The second-order valence-corrected chi connectivity index (χ2v) is 4.72. The molecule has 0 radical (unpaired) electrons. The fourth-order valence-corrected chi connectivity index (χ4v) is 2.33. The van der Waals surface area contributed by atoms with Gasteiger partial charge in [-0.05, 0) is 43.0 Å². The minimum Gasteiger partial charge on any atom is -0.409 e. The summed E-state index contributed by atoms with van der Waals surface area (Å²) < 4.78 is 13.2. The van der Waals surface area contributed by atoms with E-state index in [0.29, 0.717) is 15.6 Å². The van der Waals surface area contributed by atoms with Crippen molar-refractivity contribution >= 4 is 17.6 Å². The van der Waals surface area contributed by atoms with Crippen LogP contribution in [0.3, 0.4) is 0 Å². The van der Waals surface area contributed by atoms with Crippen LogP contribution in [0.1, 0.15) is 11.3 Å². The zero-order valence-corrected chi connectivity index (χ0v) is 10.9. The highest BCUT2D eigenvalue weighted by atomic mass is 32.2. The Hall–Kier alpha value is -2.15. The Labute approximate surface area is 113 Å². The van der Waals surface area contributed by atoms with Crippen LogP contribution in [-0.4, -0.2) is 21.0 Å². The summed E-state index contributed by atoms with van der Waals surface area (Å²) in [7, 11) is 0. The maximum Gasteiger partial charge on any atom is 0.192 e. The Kier molecular flexibility index (Phi) is 3.96. The lowest BCUT2D eigenvalue weighted by atomic mass is 10.2. The summed E-state index contributed by atoms with van der Waals surface area (Å²) in [6.45, 7) is 1.85. The Morgan fingerprint density at radius 3 is 2.89 bits per heavy atom. The monoisotopic (exact) mass is 278 g/mol. The van der Waals surface area contributed by atoms with Crippen LogP contribution in [0, 0.1) is 12.7 Å². The molecule has 0 amide bonds. The predicted molar refractivity (Wildman–Crippen MR) is 69.8 cm³/mol. The average Bonchev–Trinajstić information content (AvgIpc) is 2.40. The van der Waals surface area contributed by atoms with E-state index in [1.807, 2.05) is 6.92 Å². The van der Waals surface area contributed by atoms with Crippen molar-refractivity contribution < 1.29 is 9.60 Å². The van der Waals surface area contributed by atoms with E-state index in [0.717, 1.165) is 5.69 Å². The molecule has 1 heterocycles. The van der Waals surface area contributed by atoms with Gasteiger partial charge < -0.3 is 10.9 Å². The zero-order valence-electron chi connectivity index (χ0n) is 10.0. The van der Waals surface area contributed by atoms with E-state index in [-0.39, 0.29) is 5.84 Å². The summed E-state index contributed by atoms with van der Waals surface area (Å²) in [4.78, 5) is 8.94. The Balaban J connectivity index is 2.40. The third kappa shape index (κ3) is 3.19. The quantitative estimate of drug-likeness (QED) is 0.295. The van der Waals surface area contributed by atoms with Gasteiger partial charge in [-0.2, -0.15) is 0 Å². The van der Waals surface area contributed by atoms with Gasteiger partial charge in [-0.15, -0.1) is 0 Å². The largest absolute Gasteiger partial charge is 0.409 e. The smallest absolute Gasteiger partial charge is 0.192 e. The van der Waals surface area contributed by atoms with Crippen LogP contribution in [0.5, 0.6) is 0 Å². The fourth-order valence-electron chi connectivity index (χ4n) is 1.42. The molecule has 0 bridgehead atoms. The van der Waals surface area contributed by atoms with Gasteiger partial charge in [-0.1, -0.05) is 5.16 Å². The van der Waals surface area contributed by atoms with E-state index in [1.54, 1.807) is 18.3 Å². The van der Waals surface area contributed by atoms with Crippen LogP contribution in [0.25, 0.3) is 0 Å². The molecule has 1 aromatic heterocycles. The zero-order chi connectivity index (χ0) is 13.8. The number of rotatable bonds is 3. The topological polar surface area (TPSA) is 84.4 Å². The highest BCUT2D eigenvalue weighted by molar-refractivity contribution is 7.99. The van der Waals surface area contributed by atoms with Gasteiger partial charge in [0, 0.05) is 22.3 Å². The Bertz CT molecular complexity index is 633. The molecule has 2 rings (SSSR count). The van der Waals surface area contributed by atoms with Crippen LogP contribution < -0.4 is 5.73 Å². The summed E-state index contributed by atoms with van der Waals surface area (Å²) >= 11 is 1.22. The molecule has 3 N–H and O–H groups in total. The highest BCUT2D eigenvalue weighted by Gasteiger charge is 2.11. The molecule has 19 heavy (non-hydrogen) atoms. The minimum absolute atomic E-state index is 0.158. The first-order valence-electron chi connectivity index (χ1n) is 5.35. The van der Waals surface area contributed by atoms with Crippen LogP contribution in [0.2, 0.25) is 0 Å². The molecule has 0 aliphatic rings. The molecule has 0 unspecified atom stereocenters. The summed E-state index contributed by atoms with van der Waals surface area (Å²) in [5.41, 5.74) is 6.65. The number of benzene rings is 1. The maximum absolute atomic E-state index is 13.2. The number of aromatic nitrogens is 2. The van der Waals surface area contributed by atoms with Crippen molar-refractivity contribution in [1.29, 1.82) is 0 Å². The molecule has 0 aliphatic carbocycles. The Morgan fingerprint density at radius 2 is 2.21 bits per heavy atom. The summed E-state index contributed by atoms with van der Waals surface area (Å²) in [5, 5.41) is 12.1. The van der Waals surface area contributed by atoms with E-state index in [9.17, 15) is 4.39 Å². The van der Waals surface area contributed by atoms with Crippen molar-refractivity contribution in [3.8, 4) is 0 Å². The molecule has 7 heteroatoms. The molecule has 1 aromatic carbocycles. The molecule has 0 saturated heterocycles. The van der Waals surface area contributed by atoms with Gasteiger partial charge in [-0.25, -0.2) is 14.4 Å². The van der Waals surface area contributed by atoms with Gasteiger partial charge >= 0.3 is 0 Å². The molecule has 98 valence electrons. The first kappa shape index (κ1) is 13.3. The summed E-state index contributed by atoms with van der Waals surface area (Å²) in [6.07, 6.45) is 1.64. The molecule has 0 atom stereocenters. The number of oxime groups is 1. The number of aryl methyl sites for hydroxylation is 1. The number of nitrogens with zero attached hydrogens (tertiary/aromatic N) is 3. The molecular weight excluding hydrogens is 267 g/mol. The normalized spacial score (nSPS) is 11.6. The third-order valence-electron chi connectivity index (χ3n) is 2.30. The third-order valence-corrected chi connectivity index (χ3v) is 3.25. The number of amidine groups is 1. The van der Waals surface area contributed by atoms with Gasteiger partial charge in [0.05, 0.1) is 0 Å².